The van der Waals surface area contributed by atoms with Crippen molar-refractivity contribution in [3.05, 3.63) is 0 Å². The number of hydrogen-bond acceptors (Lipinski definition) is 0. The lowest BCUT2D eigenvalue weighted by atomic mass is 9.44. The van der Waals surface area contributed by atoms with Gasteiger partial charge >= 0.3 is 0 Å². The molecule has 0 aromatic carbocycles. The Morgan fingerprint density at radius 1 is 0.700 bits per heavy atom. The van der Waals surface area contributed by atoms with Crippen molar-refractivity contribution in [2.24, 2.45) is 22.7 Å². The van der Waals surface area contributed by atoms with Crippen LogP contribution in [-0.4, -0.2) is 64.3 Å². The Hall–Kier alpha value is -0.0800. The van der Waals surface area contributed by atoms with Gasteiger partial charge in [0.25, 0.3) is 0 Å². The molecule has 20 heavy (non-hydrogen) atoms. The third-order valence-corrected chi connectivity index (χ3v) is 5.92. The molecule has 4 fully saturated rings. The first-order chi connectivity index (χ1) is 8.99. The highest BCUT2D eigenvalue weighted by atomic mass is 15.3. The first kappa shape index (κ1) is 14.8. The Labute approximate surface area is 126 Å². The van der Waals surface area contributed by atoms with Crippen LogP contribution in [0, 0.1) is 22.7 Å². The van der Waals surface area contributed by atoms with Crippen LogP contribution in [0.2, 0.25) is 0 Å². The molecule has 0 amide bonds. The average Bonchev–Trinajstić information content (AvgIpc) is 2.04. The van der Waals surface area contributed by atoms with Crippen molar-refractivity contribution in [3.63, 3.8) is 0 Å². The van der Waals surface area contributed by atoms with Crippen LogP contribution in [0.15, 0.2) is 0 Å². The lowest BCUT2D eigenvalue weighted by molar-refractivity contribution is -0.883. The molecular formula is C18H36N2+2. The molecule has 0 atom stereocenters. The van der Waals surface area contributed by atoms with E-state index in [9.17, 15) is 0 Å². The Morgan fingerprint density at radius 2 is 1.05 bits per heavy atom. The first-order valence-electron chi connectivity index (χ1n) is 8.59. The summed E-state index contributed by atoms with van der Waals surface area (Å²) in [7, 11) is 14.4. The molecule has 0 N–H and O–H groups in total. The van der Waals surface area contributed by atoms with Crippen LogP contribution in [0.4, 0.5) is 0 Å². The largest absolute Gasteiger partial charge is 0.330 e. The molecule has 0 unspecified atom stereocenters. The van der Waals surface area contributed by atoms with Crippen molar-refractivity contribution < 1.29 is 8.97 Å². The van der Waals surface area contributed by atoms with Gasteiger partial charge in [-0.2, -0.15) is 0 Å². The SMILES string of the molecule is C[N+](C)(C)CC12CC3CC(C1)CC(C[N+](C)(C)C)(C3)C2. The summed E-state index contributed by atoms with van der Waals surface area (Å²) < 4.78 is 2.31. The molecule has 0 heterocycles. The topological polar surface area (TPSA) is 0 Å². The Bertz CT molecular complexity index is 337. The fraction of sp³-hybridized carbons (Fsp3) is 1.00. The summed E-state index contributed by atoms with van der Waals surface area (Å²) in [5.74, 6) is 2.10. The second-order valence-corrected chi connectivity index (χ2v) is 10.9. The highest BCUT2D eigenvalue weighted by Gasteiger charge is 2.60. The van der Waals surface area contributed by atoms with E-state index in [4.69, 9.17) is 0 Å². The maximum absolute atomic E-state index is 2.39. The van der Waals surface area contributed by atoms with Gasteiger partial charge < -0.3 is 8.97 Å². The van der Waals surface area contributed by atoms with Crippen molar-refractivity contribution in [2.75, 3.05) is 55.4 Å². The predicted octanol–water partition coefficient (Wildman–Crippen LogP) is 2.99. The Kier molecular flexibility index (Phi) is 3.14. The normalized spacial score (nSPS) is 44.1. The van der Waals surface area contributed by atoms with Crippen LogP contribution in [0.1, 0.15) is 38.5 Å². The van der Waals surface area contributed by atoms with Crippen LogP contribution in [0.25, 0.3) is 0 Å². The standard InChI is InChI=1S/C18H36N2/c1-19(2,3)13-17-8-15-7-16(9-17)11-18(10-15,12-17)14-20(4,5)6/h15-16H,7-14H2,1-6H3/q+2. The van der Waals surface area contributed by atoms with Crippen LogP contribution >= 0.6 is 0 Å². The van der Waals surface area contributed by atoms with Crippen molar-refractivity contribution in [1.29, 1.82) is 0 Å². The average molecular weight is 280 g/mol. The number of quaternary nitrogens is 2. The van der Waals surface area contributed by atoms with Crippen molar-refractivity contribution in [1.82, 2.24) is 0 Å². The second-order valence-electron chi connectivity index (χ2n) is 10.9. The monoisotopic (exact) mass is 280 g/mol. The Morgan fingerprint density at radius 3 is 1.35 bits per heavy atom. The summed E-state index contributed by atoms with van der Waals surface area (Å²) in [6.45, 7) is 2.80. The lowest BCUT2D eigenvalue weighted by Gasteiger charge is -2.63. The van der Waals surface area contributed by atoms with E-state index < -0.39 is 0 Å². The van der Waals surface area contributed by atoms with Gasteiger partial charge in [-0.3, -0.25) is 0 Å². The lowest BCUT2D eigenvalue weighted by Crippen LogP contribution is -2.61. The molecule has 4 bridgehead atoms. The number of rotatable bonds is 4. The zero-order valence-corrected chi connectivity index (χ0v) is 14.7. The maximum atomic E-state index is 2.39. The highest BCUT2D eigenvalue weighted by Crippen LogP contribution is 2.65. The third kappa shape index (κ3) is 2.92. The molecule has 0 saturated heterocycles. The zero-order chi connectivity index (χ0) is 14.8. The van der Waals surface area contributed by atoms with E-state index >= 15 is 0 Å². The van der Waals surface area contributed by atoms with E-state index in [2.05, 4.69) is 42.3 Å². The molecule has 2 nitrogen and oxygen atoms in total. The smallest absolute Gasteiger partial charge is 0.0837 e. The van der Waals surface area contributed by atoms with Crippen LogP contribution in [-0.2, 0) is 0 Å². The van der Waals surface area contributed by atoms with Crippen LogP contribution in [0.3, 0.4) is 0 Å². The zero-order valence-electron chi connectivity index (χ0n) is 14.7. The minimum Gasteiger partial charge on any atom is -0.330 e. The summed E-state index contributed by atoms with van der Waals surface area (Å²) in [6, 6.07) is 0. The van der Waals surface area contributed by atoms with Gasteiger partial charge in [0.05, 0.1) is 55.4 Å². The second kappa shape index (κ2) is 4.23. The highest BCUT2D eigenvalue weighted by molar-refractivity contribution is 5.07. The van der Waals surface area contributed by atoms with Gasteiger partial charge in [-0.05, 0) is 50.4 Å². The number of nitrogens with zero attached hydrogens (tertiary/aromatic N) is 2. The number of hydrogen-bond donors (Lipinski definition) is 0. The molecule has 116 valence electrons. The van der Waals surface area contributed by atoms with Gasteiger partial charge in [-0.1, -0.05) is 0 Å². The van der Waals surface area contributed by atoms with Gasteiger partial charge in [0, 0.05) is 10.8 Å². The molecule has 0 aromatic rings. The summed E-state index contributed by atoms with van der Waals surface area (Å²) in [6.07, 6.45) is 9.24. The minimum atomic E-state index is 0.678. The van der Waals surface area contributed by atoms with Crippen molar-refractivity contribution >= 4 is 0 Å². The van der Waals surface area contributed by atoms with Gasteiger partial charge in [0.2, 0.25) is 0 Å². The molecule has 4 rings (SSSR count). The fourth-order valence-electron chi connectivity index (χ4n) is 7.03. The molecular weight excluding hydrogens is 244 g/mol. The Balaban J connectivity index is 1.86. The maximum Gasteiger partial charge on any atom is 0.0837 e. The van der Waals surface area contributed by atoms with Gasteiger partial charge in [0.15, 0.2) is 0 Å². The molecule has 0 spiro atoms. The fourth-order valence-corrected chi connectivity index (χ4v) is 7.03. The van der Waals surface area contributed by atoms with E-state index in [-0.39, 0.29) is 0 Å². The molecule has 0 aliphatic heterocycles. The molecule has 4 saturated carbocycles. The van der Waals surface area contributed by atoms with Crippen molar-refractivity contribution in [3.8, 4) is 0 Å². The predicted molar refractivity (Wildman–Crippen MR) is 85.3 cm³/mol. The quantitative estimate of drug-likeness (QED) is 0.695. The van der Waals surface area contributed by atoms with Crippen LogP contribution < -0.4 is 0 Å². The summed E-state index contributed by atoms with van der Waals surface area (Å²) in [5, 5.41) is 0. The molecule has 2 heteroatoms. The van der Waals surface area contributed by atoms with Crippen LogP contribution in [0.5, 0.6) is 0 Å². The molecule has 0 aromatic heterocycles. The molecule has 4 aliphatic carbocycles. The summed E-state index contributed by atoms with van der Waals surface area (Å²) >= 11 is 0. The van der Waals surface area contributed by atoms with Gasteiger partial charge in [0.1, 0.15) is 0 Å². The minimum absolute atomic E-state index is 0.678. The van der Waals surface area contributed by atoms with Gasteiger partial charge in [-0.25, -0.2) is 0 Å². The van der Waals surface area contributed by atoms with E-state index in [0.717, 1.165) is 20.8 Å². The molecule has 0 radical (unpaired) electrons. The van der Waals surface area contributed by atoms with E-state index in [1.165, 1.54) is 45.2 Å². The van der Waals surface area contributed by atoms with E-state index in [1.54, 1.807) is 6.42 Å². The summed E-state index contributed by atoms with van der Waals surface area (Å²) in [4.78, 5) is 0. The third-order valence-electron chi connectivity index (χ3n) is 5.92. The van der Waals surface area contributed by atoms with E-state index in [1.807, 2.05) is 0 Å². The van der Waals surface area contributed by atoms with Gasteiger partial charge in [-0.15, -0.1) is 0 Å². The summed E-state index contributed by atoms with van der Waals surface area (Å²) in [5.41, 5.74) is 1.36. The van der Waals surface area contributed by atoms with Crippen molar-refractivity contribution in [2.45, 2.75) is 38.5 Å². The first-order valence-corrected chi connectivity index (χ1v) is 8.59. The van der Waals surface area contributed by atoms with E-state index in [0.29, 0.717) is 10.8 Å². The molecule has 4 aliphatic rings.